The van der Waals surface area contributed by atoms with Gasteiger partial charge in [0.15, 0.2) is 0 Å². The van der Waals surface area contributed by atoms with Crippen LogP contribution in [0.3, 0.4) is 0 Å². The highest BCUT2D eigenvalue weighted by molar-refractivity contribution is 5.05. The average Bonchev–Trinajstić information content (AvgIpc) is 2.52. The summed E-state index contributed by atoms with van der Waals surface area (Å²) in [6.07, 6.45) is 16.2. The summed E-state index contributed by atoms with van der Waals surface area (Å²) in [4.78, 5) is 10.3. The van der Waals surface area contributed by atoms with E-state index in [0.29, 0.717) is 5.92 Å². The second-order valence-corrected chi connectivity index (χ2v) is 7.48. The molecular formula is C22H37NO2. The van der Waals surface area contributed by atoms with Crippen LogP contribution in [0.2, 0.25) is 0 Å². The third-order valence-electron chi connectivity index (χ3n) is 4.38. The van der Waals surface area contributed by atoms with Crippen molar-refractivity contribution in [2.24, 2.45) is 5.92 Å². The molecule has 0 N–H and O–H groups in total. The van der Waals surface area contributed by atoms with Crippen molar-refractivity contribution in [3.63, 3.8) is 0 Å². The highest BCUT2D eigenvalue weighted by Gasteiger charge is 2.04. The van der Waals surface area contributed by atoms with Crippen LogP contribution >= 0.6 is 0 Å². The van der Waals surface area contributed by atoms with Gasteiger partial charge in [0.2, 0.25) is 5.70 Å². The zero-order valence-electron chi connectivity index (χ0n) is 17.1. The average molecular weight is 348 g/mol. The van der Waals surface area contributed by atoms with Gasteiger partial charge >= 0.3 is 0 Å². The lowest BCUT2D eigenvalue weighted by molar-refractivity contribution is -0.424. The van der Waals surface area contributed by atoms with Crippen molar-refractivity contribution in [1.82, 2.24) is 0 Å². The molecule has 0 aromatic heterocycles. The number of hydrogen-bond donors (Lipinski definition) is 0. The Bertz CT molecular complexity index is 520. The second-order valence-electron chi connectivity index (χ2n) is 7.48. The molecule has 142 valence electrons. The molecule has 0 heterocycles. The van der Waals surface area contributed by atoms with E-state index in [9.17, 15) is 10.1 Å². The molecule has 0 bridgehead atoms. The first-order valence-corrected chi connectivity index (χ1v) is 9.48. The predicted molar refractivity (Wildman–Crippen MR) is 109 cm³/mol. The summed E-state index contributed by atoms with van der Waals surface area (Å²) < 4.78 is 0. The zero-order chi connectivity index (χ0) is 19.2. The fourth-order valence-electron chi connectivity index (χ4n) is 2.52. The Morgan fingerprint density at radius 2 is 1.40 bits per heavy atom. The molecule has 25 heavy (non-hydrogen) atoms. The van der Waals surface area contributed by atoms with Crippen LogP contribution in [0.5, 0.6) is 0 Å². The van der Waals surface area contributed by atoms with E-state index in [2.05, 4.69) is 52.8 Å². The summed E-state index contributed by atoms with van der Waals surface area (Å²) in [5, 5.41) is 10.6. The van der Waals surface area contributed by atoms with E-state index in [4.69, 9.17) is 0 Å². The molecule has 0 spiro atoms. The first-order valence-electron chi connectivity index (χ1n) is 9.48. The monoisotopic (exact) mass is 347 g/mol. The Morgan fingerprint density at radius 3 is 1.92 bits per heavy atom. The molecule has 0 rings (SSSR count). The summed E-state index contributed by atoms with van der Waals surface area (Å²) in [5.41, 5.74) is 4.57. The third kappa shape index (κ3) is 14.4. The second kappa shape index (κ2) is 13.6. The van der Waals surface area contributed by atoms with Gasteiger partial charge in [0.05, 0.1) is 4.92 Å². The SMILES string of the molecule is CC(C)=CCC/C(C)=C/CC/C(C)=C/CCC(C)C/C=C(\C)[N+](=O)[O-]. The van der Waals surface area contributed by atoms with E-state index in [1.165, 1.54) is 16.7 Å². The van der Waals surface area contributed by atoms with E-state index in [-0.39, 0.29) is 10.6 Å². The quantitative estimate of drug-likeness (QED) is 0.210. The minimum Gasteiger partial charge on any atom is -0.259 e. The number of allylic oxidation sites excluding steroid dienone is 8. The third-order valence-corrected chi connectivity index (χ3v) is 4.38. The molecule has 0 amide bonds. The van der Waals surface area contributed by atoms with E-state index >= 15 is 0 Å². The maximum absolute atomic E-state index is 10.6. The Kier molecular flexibility index (Phi) is 12.7. The van der Waals surface area contributed by atoms with Crippen molar-refractivity contribution in [2.45, 2.75) is 86.5 Å². The Morgan fingerprint density at radius 1 is 0.880 bits per heavy atom. The first kappa shape index (κ1) is 23.4. The molecule has 0 aliphatic rings. The molecular weight excluding hydrogens is 310 g/mol. The molecule has 0 aliphatic carbocycles. The minimum atomic E-state index is -0.314. The van der Waals surface area contributed by atoms with E-state index in [1.54, 1.807) is 13.0 Å². The van der Waals surface area contributed by atoms with Gasteiger partial charge in [-0.2, -0.15) is 0 Å². The van der Waals surface area contributed by atoms with Gasteiger partial charge in [-0.3, -0.25) is 10.1 Å². The van der Waals surface area contributed by atoms with Crippen LogP contribution in [0.1, 0.15) is 86.5 Å². The first-order chi connectivity index (χ1) is 11.7. The van der Waals surface area contributed by atoms with E-state index in [1.807, 2.05) is 0 Å². The Balaban J connectivity index is 4.03. The smallest absolute Gasteiger partial charge is 0.239 e. The molecule has 0 aliphatic heterocycles. The molecule has 1 atom stereocenters. The molecule has 0 fully saturated rings. The molecule has 3 heteroatoms. The van der Waals surface area contributed by atoms with Crippen molar-refractivity contribution < 1.29 is 4.92 Å². The fraction of sp³-hybridized carbons (Fsp3) is 0.636. The zero-order valence-corrected chi connectivity index (χ0v) is 17.1. The Hall–Kier alpha value is -1.64. The standard InChI is InChI=1S/C22H37NO2/c1-18(2)10-7-11-19(3)12-8-13-20(4)14-9-15-21(5)16-17-22(6)23(24)25/h10,12,14,17,21H,7-9,11,13,15-16H2,1-6H3/b19-12+,20-14+,22-17+. The maximum Gasteiger partial charge on any atom is 0.239 e. The summed E-state index contributed by atoms with van der Waals surface area (Å²) >= 11 is 0. The van der Waals surface area contributed by atoms with Crippen LogP contribution in [-0.2, 0) is 0 Å². The molecule has 0 saturated heterocycles. The fourth-order valence-corrected chi connectivity index (χ4v) is 2.52. The van der Waals surface area contributed by atoms with Crippen molar-refractivity contribution in [2.75, 3.05) is 0 Å². The number of rotatable bonds is 12. The molecule has 1 unspecified atom stereocenters. The number of hydrogen-bond acceptors (Lipinski definition) is 2. The van der Waals surface area contributed by atoms with Crippen LogP contribution < -0.4 is 0 Å². The van der Waals surface area contributed by atoms with Gasteiger partial charge in [-0.25, -0.2) is 0 Å². The molecule has 0 radical (unpaired) electrons. The van der Waals surface area contributed by atoms with Gasteiger partial charge in [0.25, 0.3) is 0 Å². The van der Waals surface area contributed by atoms with Gasteiger partial charge < -0.3 is 0 Å². The van der Waals surface area contributed by atoms with Crippen LogP contribution in [0.4, 0.5) is 0 Å². The van der Waals surface area contributed by atoms with Crippen molar-refractivity contribution in [3.8, 4) is 0 Å². The van der Waals surface area contributed by atoms with Crippen molar-refractivity contribution >= 4 is 0 Å². The van der Waals surface area contributed by atoms with Gasteiger partial charge in [-0.05, 0) is 84.6 Å². The van der Waals surface area contributed by atoms with Gasteiger partial charge in [-0.15, -0.1) is 0 Å². The van der Waals surface area contributed by atoms with Gasteiger partial charge in [-0.1, -0.05) is 41.9 Å². The van der Waals surface area contributed by atoms with E-state index < -0.39 is 0 Å². The molecule has 0 saturated carbocycles. The summed E-state index contributed by atoms with van der Waals surface area (Å²) in [6.45, 7) is 12.4. The largest absolute Gasteiger partial charge is 0.259 e. The van der Waals surface area contributed by atoms with Crippen molar-refractivity contribution in [1.29, 1.82) is 0 Å². The predicted octanol–water partition coefficient (Wildman–Crippen LogP) is 7.39. The van der Waals surface area contributed by atoms with Crippen LogP contribution in [0.15, 0.2) is 46.7 Å². The number of nitro groups is 1. The number of nitrogens with zero attached hydrogens (tertiary/aromatic N) is 1. The van der Waals surface area contributed by atoms with Gasteiger partial charge in [0, 0.05) is 6.92 Å². The topological polar surface area (TPSA) is 43.1 Å². The van der Waals surface area contributed by atoms with Crippen LogP contribution in [-0.4, -0.2) is 4.92 Å². The molecule has 3 nitrogen and oxygen atoms in total. The molecule has 0 aromatic carbocycles. The summed E-state index contributed by atoms with van der Waals surface area (Å²) in [6, 6.07) is 0. The normalized spacial score (nSPS) is 14.4. The highest BCUT2D eigenvalue weighted by Crippen LogP contribution is 2.16. The lowest BCUT2D eigenvalue weighted by Gasteiger charge is -2.07. The van der Waals surface area contributed by atoms with Crippen molar-refractivity contribution in [3.05, 3.63) is 56.8 Å². The lowest BCUT2D eigenvalue weighted by atomic mass is 9.99. The lowest BCUT2D eigenvalue weighted by Crippen LogP contribution is -1.97. The summed E-state index contributed by atoms with van der Waals surface area (Å²) in [7, 11) is 0. The summed E-state index contributed by atoms with van der Waals surface area (Å²) in [5.74, 6) is 0.483. The maximum atomic E-state index is 10.6. The van der Waals surface area contributed by atoms with Crippen LogP contribution in [0.25, 0.3) is 0 Å². The minimum absolute atomic E-state index is 0.255. The van der Waals surface area contributed by atoms with Gasteiger partial charge in [0.1, 0.15) is 0 Å². The van der Waals surface area contributed by atoms with Crippen LogP contribution in [0, 0.1) is 16.0 Å². The molecule has 0 aromatic rings. The van der Waals surface area contributed by atoms with E-state index in [0.717, 1.165) is 44.9 Å². The Labute approximate surface area is 154 Å². The highest BCUT2D eigenvalue weighted by atomic mass is 16.6.